The van der Waals surface area contributed by atoms with Crippen molar-refractivity contribution in [2.75, 3.05) is 13.2 Å². The maximum absolute atomic E-state index is 13.0. The van der Waals surface area contributed by atoms with Crippen molar-refractivity contribution < 1.29 is 14.2 Å². The highest BCUT2D eigenvalue weighted by molar-refractivity contribution is 5.29. The average Bonchev–Trinajstić information content (AvgIpc) is 2.29. The second-order valence-electron chi connectivity index (χ2n) is 4.40. The van der Waals surface area contributed by atoms with E-state index in [0.717, 1.165) is 24.0 Å². The third-order valence-corrected chi connectivity index (χ3v) is 3.26. The Hall–Kier alpha value is -0.930. The number of halogens is 1. The molecule has 0 amide bonds. The zero-order valence-corrected chi connectivity index (χ0v) is 9.45. The molecule has 1 fully saturated rings. The first kappa shape index (κ1) is 11.6. The minimum atomic E-state index is -0.496. The minimum absolute atomic E-state index is 0.234. The molecule has 1 aromatic carbocycles. The van der Waals surface area contributed by atoms with E-state index in [4.69, 9.17) is 4.74 Å². The predicted octanol–water partition coefficient (Wildman–Crippen LogP) is 2.59. The topological polar surface area (TPSA) is 29.5 Å². The van der Waals surface area contributed by atoms with Gasteiger partial charge in [-0.15, -0.1) is 0 Å². The summed E-state index contributed by atoms with van der Waals surface area (Å²) in [6.45, 7) is 3.25. The fourth-order valence-electron chi connectivity index (χ4n) is 2.26. The molecule has 0 aliphatic carbocycles. The van der Waals surface area contributed by atoms with E-state index in [1.54, 1.807) is 6.07 Å². The van der Waals surface area contributed by atoms with Crippen LogP contribution in [0.4, 0.5) is 4.39 Å². The van der Waals surface area contributed by atoms with Gasteiger partial charge in [0.15, 0.2) is 0 Å². The first-order valence-corrected chi connectivity index (χ1v) is 5.70. The van der Waals surface area contributed by atoms with Gasteiger partial charge in [0.05, 0.1) is 6.10 Å². The summed E-state index contributed by atoms with van der Waals surface area (Å²) in [5.74, 6) is -0.0154. The highest BCUT2D eigenvalue weighted by Gasteiger charge is 2.24. The number of hydrogen-bond donors (Lipinski definition) is 1. The molecule has 16 heavy (non-hydrogen) atoms. The Balaban J connectivity index is 2.15. The molecule has 1 N–H and O–H groups in total. The number of benzene rings is 1. The Kier molecular flexibility index (Phi) is 3.56. The summed E-state index contributed by atoms with van der Waals surface area (Å²) in [6, 6.07) is 4.56. The van der Waals surface area contributed by atoms with E-state index in [1.165, 1.54) is 12.1 Å². The molecule has 0 radical (unpaired) electrons. The molecule has 3 heteroatoms. The molecule has 2 rings (SSSR count). The number of hydrogen-bond acceptors (Lipinski definition) is 2. The summed E-state index contributed by atoms with van der Waals surface area (Å²) < 4.78 is 18.2. The Labute approximate surface area is 95.1 Å². The molecule has 1 atom stereocenters. The van der Waals surface area contributed by atoms with Gasteiger partial charge in [0, 0.05) is 13.2 Å². The maximum atomic E-state index is 13.0. The van der Waals surface area contributed by atoms with E-state index < -0.39 is 6.10 Å². The normalized spacial score (nSPS) is 19.7. The van der Waals surface area contributed by atoms with Crippen LogP contribution in [0, 0.1) is 18.7 Å². The molecule has 1 heterocycles. The molecule has 1 aliphatic rings. The van der Waals surface area contributed by atoms with E-state index in [0.29, 0.717) is 13.2 Å². The van der Waals surface area contributed by atoms with E-state index in [1.807, 2.05) is 6.92 Å². The number of ether oxygens (including phenoxy) is 1. The third kappa shape index (κ3) is 2.42. The lowest BCUT2D eigenvalue weighted by atomic mass is 9.87. The molecule has 1 unspecified atom stereocenters. The smallest absolute Gasteiger partial charge is 0.123 e. The number of aliphatic hydroxyl groups excluding tert-OH is 1. The lowest BCUT2D eigenvalue weighted by Crippen LogP contribution is -2.22. The van der Waals surface area contributed by atoms with Crippen LogP contribution in [-0.4, -0.2) is 18.3 Å². The van der Waals surface area contributed by atoms with Gasteiger partial charge in [0.2, 0.25) is 0 Å². The van der Waals surface area contributed by atoms with Crippen LogP contribution in [0.25, 0.3) is 0 Å². The van der Waals surface area contributed by atoms with Gasteiger partial charge in [-0.1, -0.05) is 6.07 Å². The zero-order valence-electron chi connectivity index (χ0n) is 9.45. The van der Waals surface area contributed by atoms with Gasteiger partial charge >= 0.3 is 0 Å². The Bertz CT molecular complexity index is 359. The first-order valence-electron chi connectivity index (χ1n) is 5.70. The van der Waals surface area contributed by atoms with Gasteiger partial charge in [-0.3, -0.25) is 0 Å². The van der Waals surface area contributed by atoms with Crippen LogP contribution in [0.3, 0.4) is 0 Å². The summed E-state index contributed by atoms with van der Waals surface area (Å²) in [6.07, 6.45) is 1.25. The number of rotatable bonds is 2. The third-order valence-electron chi connectivity index (χ3n) is 3.26. The van der Waals surface area contributed by atoms with Crippen molar-refractivity contribution in [2.24, 2.45) is 5.92 Å². The van der Waals surface area contributed by atoms with Crippen molar-refractivity contribution in [3.63, 3.8) is 0 Å². The molecule has 0 saturated carbocycles. The monoisotopic (exact) mass is 224 g/mol. The Morgan fingerprint density at radius 2 is 2.06 bits per heavy atom. The van der Waals surface area contributed by atoms with Crippen LogP contribution < -0.4 is 0 Å². The lowest BCUT2D eigenvalue weighted by molar-refractivity contribution is 0.00693. The van der Waals surface area contributed by atoms with Gasteiger partial charge in [-0.25, -0.2) is 4.39 Å². The lowest BCUT2D eigenvalue weighted by Gasteiger charge is -2.27. The molecule has 88 valence electrons. The zero-order chi connectivity index (χ0) is 11.5. The maximum Gasteiger partial charge on any atom is 0.123 e. The molecule has 0 spiro atoms. The molecular formula is C13H17FO2. The van der Waals surface area contributed by atoms with Crippen molar-refractivity contribution in [3.05, 3.63) is 35.1 Å². The standard InChI is InChI=1S/C13H17FO2/c1-9-8-11(14)2-3-12(9)13(15)10-4-6-16-7-5-10/h2-3,8,10,13,15H,4-7H2,1H3. The van der Waals surface area contributed by atoms with Crippen molar-refractivity contribution >= 4 is 0 Å². The summed E-state index contributed by atoms with van der Waals surface area (Å²) in [7, 11) is 0. The van der Waals surface area contributed by atoms with Crippen molar-refractivity contribution in [3.8, 4) is 0 Å². The van der Waals surface area contributed by atoms with E-state index in [2.05, 4.69) is 0 Å². The van der Waals surface area contributed by atoms with E-state index in [9.17, 15) is 9.50 Å². The van der Waals surface area contributed by atoms with Crippen molar-refractivity contribution in [1.29, 1.82) is 0 Å². The van der Waals surface area contributed by atoms with Gasteiger partial charge in [-0.05, 0) is 48.9 Å². The average molecular weight is 224 g/mol. The van der Waals surface area contributed by atoms with Gasteiger partial charge in [-0.2, -0.15) is 0 Å². The summed E-state index contributed by atoms with van der Waals surface area (Å²) in [4.78, 5) is 0. The van der Waals surface area contributed by atoms with Crippen LogP contribution in [0.15, 0.2) is 18.2 Å². The number of aliphatic hydroxyl groups is 1. The van der Waals surface area contributed by atoms with Crippen LogP contribution in [-0.2, 0) is 4.74 Å². The Morgan fingerprint density at radius 3 is 2.69 bits per heavy atom. The van der Waals surface area contributed by atoms with Crippen LogP contribution in [0.1, 0.15) is 30.1 Å². The van der Waals surface area contributed by atoms with Gasteiger partial charge < -0.3 is 9.84 Å². The highest BCUT2D eigenvalue weighted by atomic mass is 19.1. The van der Waals surface area contributed by atoms with Crippen molar-refractivity contribution in [2.45, 2.75) is 25.9 Å². The van der Waals surface area contributed by atoms with Crippen molar-refractivity contribution in [1.82, 2.24) is 0 Å². The second kappa shape index (κ2) is 4.93. The predicted molar refractivity (Wildman–Crippen MR) is 59.6 cm³/mol. The molecule has 2 nitrogen and oxygen atoms in total. The Morgan fingerprint density at radius 1 is 1.38 bits per heavy atom. The fraction of sp³-hybridized carbons (Fsp3) is 0.538. The minimum Gasteiger partial charge on any atom is -0.388 e. The quantitative estimate of drug-likeness (QED) is 0.836. The van der Waals surface area contributed by atoms with Crippen LogP contribution in [0.5, 0.6) is 0 Å². The van der Waals surface area contributed by atoms with E-state index >= 15 is 0 Å². The number of aryl methyl sites for hydroxylation is 1. The van der Waals surface area contributed by atoms with Gasteiger partial charge in [0.25, 0.3) is 0 Å². The first-order chi connectivity index (χ1) is 7.68. The van der Waals surface area contributed by atoms with Crippen LogP contribution >= 0.6 is 0 Å². The van der Waals surface area contributed by atoms with E-state index in [-0.39, 0.29) is 11.7 Å². The molecule has 0 bridgehead atoms. The molecule has 1 aliphatic heterocycles. The van der Waals surface area contributed by atoms with Gasteiger partial charge in [0.1, 0.15) is 5.82 Å². The fourth-order valence-corrected chi connectivity index (χ4v) is 2.26. The summed E-state index contributed by atoms with van der Waals surface area (Å²) in [5, 5.41) is 10.2. The largest absolute Gasteiger partial charge is 0.388 e. The second-order valence-corrected chi connectivity index (χ2v) is 4.40. The summed E-state index contributed by atoms with van der Waals surface area (Å²) >= 11 is 0. The SMILES string of the molecule is Cc1cc(F)ccc1C(O)C1CCOCC1. The molecule has 1 saturated heterocycles. The highest BCUT2D eigenvalue weighted by Crippen LogP contribution is 2.31. The summed E-state index contributed by atoms with van der Waals surface area (Å²) in [5.41, 5.74) is 1.66. The molecular weight excluding hydrogens is 207 g/mol. The molecule has 1 aromatic rings. The molecule has 0 aromatic heterocycles. The van der Waals surface area contributed by atoms with Crippen LogP contribution in [0.2, 0.25) is 0 Å².